The lowest BCUT2D eigenvalue weighted by Gasteiger charge is -2.21. The van der Waals surface area contributed by atoms with Gasteiger partial charge in [0.25, 0.3) is 5.69 Å². The van der Waals surface area contributed by atoms with Crippen LogP contribution < -0.4 is 10.2 Å². The molecule has 0 heterocycles. The highest BCUT2D eigenvalue weighted by molar-refractivity contribution is 5.94. The molecule has 1 amide bonds. The van der Waals surface area contributed by atoms with Gasteiger partial charge in [0.1, 0.15) is 0 Å². The van der Waals surface area contributed by atoms with E-state index in [0.29, 0.717) is 12.2 Å². The van der Waals surface area contributed by atoms with E-state index in [1.807, 2.05) is 6.92 Å². The summed E-state index contributed by atoms with van der Waals surface area (Å²) >= 11 is 0. The molecular weight excluding hydrogens is 234 g/mol. The minimum Gasteiger partial charge on any atom is -0.319 e. The molecule has 0 radical (unpaired) electrons. The van der Waals surface area contributed by atoms with Crippen LogP contribution in [0.4, 0.5) is 11.4 Å². The minimum atomic E-state index is -0.463. The molecule has 0 aliphatic heterocycles. The standard InChI is InChI=1S/C12H17N3O3/c1-9(8-13-2)12(16)14(3)10-4-6-11(7-5-10)15(17)18/h4-7,9,13H,8H2,1-3H3. The Balaban J connectivity index is 2.80. The van der Waals surface area contributed by atoms with E-state index < -0.39 is 4.92 Å². The smallest absolute Gasteiger partial charge is 0.269 e. The number of amides is 1. The fourth-order valence-corrected chi connectivity index (χ4v) is 1.65. The quantitative estimate of drug-likeness (QED) is 0.634. The van der Waals surface area contributed by atoms with E-state index in [-0.39, 0.29) is 17.5 Å². The molecule has 1 unspecified atom stereocenters. The van der Waals surface area contributed by atoms with Crippen LogP contribution in [-0.2, 0) is 4.79 Å². The number of benzene rings is 1. The van der Waals surface area contributed by atoms with Crippen molar-refractivity contribution in [2.75, 3.05) is 25.5 Å². The zero-order valence-electron chi connectivity index (χ0n) is 10.7. The number of nitro benzene ring substituents is 1. The van der Waals surface area contributed by atoms with Crippen molar-refractivity contribution >= 4 is 17.3 Å². The summed E-state index contributed by atoms with van der Waals surface area (Å²) in [6.07, 6.45) is 0. The number of hydrogen-bond donors (Lipinski definition) is 1. The molecule has 0 saturated carbocycles. The zero-order chi connectivity index (χ0) is 13.7. The van der Waals surface area contributed by atoms with Crippen LogP contribution in [0.1, 0.15) is 6.92 Å². The number of nitrogens with zero attached hydrogens (tertiary/aromatic N) is 2. The van der Waals surface area contributed by atoms with Gasteiger partial charge in [0.2, 0.25) is 5.91 Å². The number of hydrogen-bond acceptors (Lipinski definition) is 4. The number of nitro groups is 1. The second-order valence-electron chi connectivity index (χ2n) is 4.13. The molecule has 6 heteroatoms. The maximum absolute atomic E-state index is 12.0. The van der Waals surface area contributed by atoms with E-state index in [1.165, 1.54) is 17.0 Å². The molecule has 0 bridgehead atoms. The van der Waals surface area contributed by atoms with E-state index in [9.17, 15) is 14.9 Å². The van der Waals surface area contributed by atoms with Crippen LogP contribution >= 0.6 is 0 Å². The van der Waals surface area contributed by atoms with Crippen LogP contribution in [0.2, 0.25) is 0 Å². The van der Waals surface area contributed by atoms with E-state index in [1.54, 1.807) is 26.2 Å². The Kier molecular flexibility index (Phi) is 4.79. The fraction of sp³-hybridized carbons (Fsp3) is 0.417. The van der Waals surface area contributed by atoms with Crippen molar-refractivity contribution in [3.05, 3.63) is 34.4 Å². The zero-order valence-corrected chi connectivity index (χ0v) is 10.7. The highest BCUT2D eigenvalue weighted by Crippen LogP contribution is 2.19. The topological polar surface area (TPSA) is 75.5 Å². The van der Waals surface area contributed by atoms with Gasteiger partial charge in [0.05, 0.1) is 4.92 Å². The van der Waals surface area contributed by atoms with Gasteiger partial charge < -0.3 is 10.2 Å². The van der Waals surface area contributed by atoms with E-state index in [4.69, 9.17) is 0 Å². The second-order valence-corrected chi connectivity index (χ2v) is 4.13. The second kappa shape index (κ2) is 6.11. The Labute approximate surface area is 106 Å². The van der Waals surface area contributed by atoms with Crippen molar-refractivity contribution in [2.45, 2.75) is 6.92 Å². The largest absolute Gasteiger partial charge is 0.319 e. The Hall–Kier alpha value is -1.95. The molecule has 6 nitrogen and oxygen atoms in total. The first-order valence-electron chi connectivity index (χ1n) is 5.64. The Bertz CT molecular complexity index is 431. The molecular formula is C12H17N3O3. The minimum absolute atomic E-state index is 0.0165. The van der Waals surface area contributed by atoms with Crippen LogP contribution in [0.3, 0.4) is 0 Å². The monoisotopic (exact) mass is 251 g/mol. The Morgan fingerprint density at radius 2 is 2.00 bits per heavy atom. The molecule has 1 aromatic carbocycles. The predicted octanol–water partition coefficient (Wildman–Crippen LogP) is 1.41. The van der Waals surface area contributed by atoms with Crippen molar-refractivity contribution in [3.63, 3.8) is 0 Å². The summed E-state index contributed by atoms with van der Waals surface area (Å²) in [4.78, 5) is 23.6. The summed E-state index contributed by atoms with van der Waals surface area (Å²) < 4.78 is 0. The van der Waals surface area contributed by atoms with Crippen LogP contribution in [0, 0.1) is 16.0 Å². The van der Waals surface area contributed by atoms with Gasteiger partial charge in [-0.05, 0) is 19.2 Å². The Morgan fingerprint density at radius 3 is 2.44 bits per heavy atom. The summed E-state index contributed by atoms with van der Waals surface area (Å²) in [5.74, 6) is -0.173. The maximum atomic E-state index is 12.0. The van der Waals surface area contributed by atoms with Crippen LogP contribution in [0.5, 0.6) is 0 Å². The van der Waals surface area contributed by atoms with Gasteiger partial charge in [-0.1, -0.05) is 6.92 Å². The van der Waals surface area contributed by atoms with Crippen molar-refractivity contribution in [3.8, 4) is 0 Å². The molecule has 1 atom stereocenters. The molecule has 0 aliphatic carbocycles. The lowest BCUT2D eigenvalue weighted by molar-refractivity contribution is -0.384. The summed E-state index contributed by atoms with van der Waals surface area (Å²) in [5.41, 5.74) is 0.663. The summed E-state index contributed by atoms with van der Waals surface area (Å²) in [7, 11) is 3.45. The van der Waals surface area contributed by atoms with Crippen molar-refractivity contribution in [2.24, 2.45) is 5.92 Å². The first kappa shape index (κ1) is 14.1. The summed E-state index contributed by atoms with van der Waals surface area (Å²) in [6.45, 7) is 2.43. The van der Waals surface area contributed by atoms with Crippen LogP contribution in [0.25, 0.3) is 0 Å². The van der Waals surface area contributed by atoms with Gasteiger partial charge >= 0.3 is 0 Å². The first-order valence-corrected chi connectivity index (χ1v) is 5.64. The molecule has 0 aliphatic rings. The lowest BCUT2D eigenvalue weighted by Crippen LogP contribution is -2.35. The van der Waals surface area contributed by atoms with Gasteiger partial charge in [-0.2, -0.15) is 0 Å². The molecule has 0 spiro atoms. The van der Waals surface area contributed by atoms with Crippen LogP contribution in [0.15, 0.2) is 24.3 Å². The number of nitrogens with one attached hydrogen (secondary N) is 1. The summed E-state index contributed by atoms with van der Waals surface area (Å²) in [6, 6.07) is 5.92. The van der Waals surface area contributed by atoms with Crippen molar-refractivity contribution in [1.82, 2.24) is 5.32 Å². The van der Waals surface area contributed by atoms with Gasteiger partial charge in [-0.3, -0.25) is 14.9 Å². The normalized spacial score (nSPS) is 11.9. The van der Waals surface area contributed by atoms with Gasteiger partial charge in [0, 0.05) is 37.3 Å². The third-order valence-electron chi connectivity index (χ3n) is 2.71. The average molecular weight is 251 g/mol. The van der Waals surface area contributed by atoms with E-state index in [2.05, 4.69) is 5.32 Å². The fourth-order valence-electron chi connectivity index (χ4n) is 1.65. The molecule has 1 N–H and O–H groups in total. The molecule has 0 saturated heterocycles. The van der Waals surface area contributed by atoms with Crippen molar-refractivity contribution < 1.29 is 9.72 Å². The predicted molar refractivity (Wildman–Crippen MR) is 69.6 cm³/mol. The number of rotatable bonds is 5. The van der Waals surface area contributed by atoms with Gasteiger partial charge in [-0.25, -0.2) is 0 Å². The SMILES string of the molecule is CNCC(C)C(=O)N(C)c1ccc([N+](=O)[O-])cc1. The number of non-ortho nitro benzene ring substituents is 1. The highest BCUT2D eigenvalue weighted by atomic mass is 16.6. The molecule has 18 heavy (non-hydrogen) atoms. The van der Waals surface area contributed by atoms with Crippen molar-refractivity contribution in [1.29, 1.82) is 0 Å². The molecule has 0 fully saturated rings. The first-order chi connectivity index (χ1) is 8.47. The Morgan fingerprint density at radius 1 is 1.44 bits per heavy atom. The molecule has 1 rings (SSSR count). The summed E-state index contributed by atoms with van der Waals surface area (Å²) in [5, 5.41) is 13.5. The van der Waals surface area contributed by atoms with E-state index in [0.717, 1.165) is 0 Å². The van der Waals surface area contributed by atoms with Gasteiger partial charge in [-0.15, -0.1) is 0 Å². The highest BCUT2D eigenvalue weighted by Gasteiger charge is 2.18. The maximum Gasteiger partial charge on any atom is 0.269 e. The number of carbonyl (C=O) groups is 1. The number of carbonyl (C=O) groups excluding carboxylic acids is 1. The average Bonchev–Trinajstić information content (AvgIpc) is 2.37. The van der Waals surface area contributed by atoms with Crippen LogP contribution in [-0.4, -0.2) is 31.5 Å². The third kappa shape index (κ3) is 3.27. The third-order valence-corrected chi connectivity index (χ3v) is 2.71. The van der Waals surface area contributed by atoms with Gasteiger partial charge in [0.15, 0.2) is 0 Å². The molecule has 0 aromatic heterocycles. The number of anilines is 1. The molecule has 1 aromatic rings. The lowest BCUT2D eigenvalue weighted by atomic mass is 10.1. The molecule has 98 valence electrons. The van der Waals surface area contributed by atoms with E-state index >= 15 is 0 Å².